The Morgan fingerprint density at radius 3 is 2.34 bits per heavy atom. The van der Waals surface area contributed by atoms with Gasteiger partial charge in [-0.25, -0.2) is 4.68 Å². The van der Waals surface area contributed by atoms with Gasteiger partial charge >= 0.3 is 0 Å². The molecule has 8 nitrogen and oxygen atoms in total. The van der Waals surface area contributed by atoms with Crippen LogP contribution < -0.4 is 5.56 Å². The Labute approximate surface area is 169 Å². The van der Waals surface area contributed by atoms with Crippen LogP contribution in [-0.4, -0.2) is 62.8 Å². The van der Waals surface area contributed by atoms with Crippen molar-refractivity contribution in [3.8, 4) is 0 Å². The van der Waals surface area contributed by atoms with Gasteiger partial charge in [0.05, 0.1) is 5.39 Å². The van der Waals surface area contributed by atoms with Crippen molar-refractivity contribution >= 4 is 22.7 Å². The van der Waals surface area contributed by atoms with Crippen LogP contribution in [0.2, 0.25) is 0 Å². The Bertz CT molecular complexity index is 943. The molecule has 4 rings (SSSR count). The highest BCUT2D eigenvalue weighted by atomic mass is 16.2. The van der Waals surface area contributed by atoms with Crippen LogP contribution in [0, 0.1) is 5.92 Å². The number of amides is 2. The monoisotopic (exact) mass is 397 g/mol. The number of fused-ring (bicyclic) bond motifs is 1. The number of nitrogens with zero attached hydrogens (tertiary/aromatic N) is 5. The molecule has 1 aliphatic heterocycles. The zero-order valence-electron chi connectivity index (χ0n) is 16.6. The molecule has 2 fully saturated rings. The van der Waals surface area contributed by atoms with Gasteiger partial charge in [0.15, 0.2) is 0 Å². The lowest BCUT2D eigenvalue weighted by Crippen LogP contribution is -2.51. The number of hydrogen-bond acceptors (Lipinski definition) is 5. The Hall–Kier alpha value is -2.77. The molecule has 1 aromatic heterocycles. The van der Waals surface area contributed by atoms with Gasteiger partial charge in [-0.1, -0.05) is 43.0 Å². The maximum Gasteiger partial charge on any atom is 0.278 e. The van der Waals surface area contributed by atoms with Crippen molar-refractivity contribution in [2.24, 2.45) is 5.92 Å². The zero-order valence-corrected chi connectivity index (χ0v) is 16.6. The Kier molecular flexibility index (Phi) is 5.87. The van der Waals surface area contributed by atoms with Crippen molar-refractivity contribution in [3.63, 3.8) is 0 Å². The smallest absolute Gasteiger partial charge is 0.278 e. The molecule has 1 saturated heterocycles. The van der Waals surface area contributed by atoms with Gasteiger partial charge in [0, 0.05) is 32.6 Å². The largest absolute Gasteiger partial charge is 0.339 e. The van der Waals surface area contributed by atoms with Crippen molar-refractivity contribution in [1.82, 2.24) is 24.8 Å². The fraction of sp³-hybridized carbons (Fsp3) is 0.571. The first-order valence-electron chi connectivity index (χ1n) is 10.5. The standard InChI is InChI=1S/C21H27N5O3/c27-19(10-9-16-5-1-2-6-16)24-11-13-25(14-12-24)20(28)15-26-21(29)17-7-3-4-8-18(17)22-23-26/h3-4,7-8,16H,1-2,5-6,9-15H2. The summed E-state index contributed by atoms with van der Waals surface area (Å²) in [5.41, 5.74) is 0.204. The summed E-state index contributed by atoms with van der Waals surface area (Å²) < 4.78 is 1.11. The van der Waals surface area contributed by atoms with E-state index in [-0.39, 0.29) is 23.9 Å². The van der Waals surface area contributed by atoms with Crippen molar-refractivity contribution in [2.75, 3.05) is 26.2 Å². The summed E-state index contributed by atoms with van der Waals surface area (Å²) in [4.78, 5) is 41.1. The molecule has 0 unspecified atom stereocenters. The molecular weight excluding hydrogens is 370 g/mol. The van der Waals surface area contributed by atoms with E-state index in [9.17, 15) is 14.4 Å². The molecule has 2 heterocycles. The van der Waals surface area contributed by atoms with Gasteiger partial charge in [0.2, 0.25) is 11.8 Å². The van der Waals surface area contributed by atoms with Crippen LogP contribution in [-0.2, 0) is 16.1 Å². The lowest BCUT2D eigenvalue weighted by atomic mass is 10.0. The maximum atomic E-state index is 12.6. The molecule has 0 atom stereocenters. The van der Waals surface area contributed by atoms with Crippen LogP contribution in [0.3, 0.4) is 0 Å². The van der Waals surface area contributed by atoms with E-state index in [4.69, 9.17) is 0 Å². The number of benzene rings is 1. The molecule has 1 aromatic carbocycles. The van der Waals surface area contributed by atoms with E-state index in [0.29, 0.717) is 49.4 Å². The van der Waals surface area contributed by atoms with E-state index < -0.39 is 0 Å². The SMILES string of the molecule is O=C(CCC1CCCC1)N1CCN(C(=O)Cn2nnc3ccccc3c2=O)CC1. The molecule has 0 spiro atoms. The molecule has 8 heteroatoms. The molecular formula is C21H27N5O3. The van der Waals surface area contributed by atoms with Crippen molar-refractivity contribution in [3.05, 3.63) is 34.6 Å². The molecule has 2 aromatic rings. The number of piperazine rings is 1. The number of carbonyl (C=O) groups excluding carboxylic acids is 2. The maximum absolute atomic E-state index is 12.6. The number of rotatable bonds is 5. The summed E-state index contributed by atoms with van der Waals surface area (Å²) in [6.45, 7) is 1.95. The van der Waals surface area contributed by atoms with Crippen LogP contribution in [0.25, 0.3) is 10.9 Å². The molecule has 29 heavy (non-hydrogen) atoms. The number of hydrogen-bond donors (Lipinski definition) is 0. The zero-order chi connectivity index (χ0) is 20.2. The van der Waals surface area contributed by atoms with E-state index in [1.165, 1.54) is 25.7 Å². The molecule has 2 aliphatic rings. The third-order valence-corrected chi connectivity index (χ3v) is 6.14. The van der Waals surface area contributed by atoms with E-state index >= 15 is 0 Å². The average molecular weight is 397 g/mol. The molecule has 0 N–H and O–H groups in total. The van der Waals surface area contributed by atoms with Crippen LogP contribution in [0.15, 0.2) is 29.1 Å². The van der Waals surface area contributed by atoms with Crippen LogP contribution in [0.5, 0.6) is 0 Å². The minimum Gasteiger partial charge on any atom is -0.339 e. The number of carbonyl (C=O) groups is 2. The second-order valence-corrected chi connectivity index (χ2v) is 8.02. The van der Waals surface area contributed by atoms with E-state index in [0.717, 1.165) is 11.1 Å². The predicted octanol–water partition coefficient (Wildman–Crippen LogP) is 1.43. The highest BCUT2D eigenvalue weighted by Gasteiger charge is 2.25. The quantitative estimate of drug-likeness (QED) is 0.762. The van der Waals surface area contributed by atoms with Gasteiger partial charge in [0.1, 0.15) is 12.1 Å². The van der Waals surface area contributed by atoms with Crippen molar-refractivity contribution in [2.45, 2.75) is 45.1 Å². The normalized spacial score (nSPS) is 17.8. The highest BCUT2D eigenvalue weighted by Crippen LogP contribution is 2.28. The Morgan fingerprint density at radius 1 is 0.966 bits per heavy atom. The van der Waals surface area contributed by atoms with E-state index in [1.807, 2.05) is 4.90 Å². The molecule has 2 amide bonds. The van der Waals surface area contributed by atoms with Gasteiger partial charge in [-0.2, -0.15) is 0 Å². The fourth-order valence-corrected chi connectivity index (χ4v) is 4.35. The summed E-state index contributed by atoms with van der Waals surface area (Å²) in [7, 11) is 0. The van der Waals surface area contributed by atoms with E-state index in [2.05, 4.69) is 10.3 Å². The summed E-state index contributed by atoms with van der Waals surface area (Å²) in [5, 5.41) is 8.36. The third-order valence-electron chi connectivity index (χ3n) is 6.14. The predicted molar refractivity (Wildman–Crippen MR) is 108 cm³/mol. The summed E-state index contributed by atoms with van der Waals surface area (Å²) in [6, 6.07) is 6.96. The van der Waals surface area contributed by atoms with Crippen molar-refractivity contribution < 1.29 is 9.59 Å². The summed E-state index contributed by atoms with van der Waals surface area (Å²) in [6.07, 6.45) is 6.70. The fourth-order valence-electron chi connectivity index (χ4n) is 4.35. The molecule has 0 radical (unpaired) electrons. The molecule has 1 saturated carbocycles. The van der Waals surface area contributed by atoms with Gasteiger partial charge in [-0.15, -0.1) is 5.10 Å². The highest BCUT2D eigenvalue weighted by molar-refractivity contribution is 5.79. The Morgan fingerprint density at radius 2 is 1.62 bits per heavy atom. The minimum atomic E-state index is -0.315. The first-order chi connectivity index (χ1) is 14.1. The number of aromatic nitrogens is 3. The van der Waals surface area contributed by atoms with E-state index in [1.54, 1.807) is 29.2 Å². The first kappa shape index (κ1) is 19.5. The Balaban J connectivity index is 1.29. The van der Waals surface area contributed by atoms with Gasteiger partial charge < -0.3 is 9.80 Å². The van der Waals surface area contributed by atoms with Gasteiger partial charge in [-0.05, 0) is 24.5 Å². The van der Waals surface area contributed by atoms with Gasteiger partial charge in [-0.3, -0.25) is 14.4 Å². The molecule has 0 bridgehead atoms. The summed E-state index contributed by atoms with van der Waals surface area (Å²) >= 11 is 0. The first-order valence-corrected chi connectivity index (χ1v) is 10.5. The second kappa shape index (κ2) is 8.71. The third kappa shape index (κ3) is 4.46. The lowest BCUT2D eigenvalue weighted by Gasteiger charge is -2.35. The van der Waals surface area contributed by atoms with Gasteiger partial charge in [0.25, 0.3) is 5.56 Å². The summed E-state index contributed by atoms with van der Waals surface area (Å²) in [5.74, 6) is 0.735. The minimum absolute atomic E-state index is 0.133. The van der Waals surface area contributed by atoms with Crippen molar-refractivity contribution in [1.29, 1.82) is 0 Å². The lowest BCUT2D eigenvalue weighted by molar-refractivity contribution is -0.140. The van der Waals surface area contributed by atoms with Crippen LogP contribution in [0.1, 0.15) is 38.5 Å². The van der Waals surface area contributed by atoms with Crippen LogP contribution in [0.4, 0.5) is 0 Å². The average Bonchev–Trinajstić information content (AvgIpc) is 3.28. The topological polar surface area (TPSA) is 88.4 Å². The molecule has 1 aliphatic carbocycles. The second-order valence-electron chi connectivity index (χ2n) is 8.02. The van der Waals surface area contributed by atoms with Crippen LogP contribution >= 0.6 is 0 Å². The molecule has 154 valence electrons.